The van der Waals surface area contributed by atoms with Crippen LogP contribution in [-0.2, 0) is 20.7 Å². The van der Waals surface area contributed by atoms with Crippen molar-refractivity contribution < 1.29 is 24.2 Å². The van der Waals surface area contributed by atoms with E-state index in [2.05, 4.69) is 10.6 Å². The molecule has 0 aliphatic carbocycles. The van der Waals surface area contributed by atoms with Crippen LogP contribution in [0.3, 0.4) is 0 Å². The first-order chi connectivity index (χ1) is 18.9. The molecule has 3 aromatic carbocycles. The molecule has 3 aromatic rings. The largest absolute Gasteiger partial charge is 0.508 e. The molecule has 0 saturated carbocycles. The van der Waals surface area contributed by atoms with Crippen molar-refractivity contribution in [2.75, 3.05) is 11.9 Å². The minimum atomic E-state index is -1.03. The third-order valence-electron chi connectivity index (χ3n) is 6.44. The van der Waals surface area contributed by atoms with E-state index in [9.17, 15) is 19.5 Å². The summed E-state index contributed by atoms with van der Waals surface area (Å²) in [6, 6.07) is 19.3. The molecule has 0 aliphatic heterocycles. The fourth-order valence-electron chi connectivity index (χ4n) is 4.44. The lowest BCUT2D eigenvalue weighted by Crippen LogP contribution is -2.53. The molecule has 3 rings (SSSR count). The molecule has 0 radical (unpaired) electrons. The second-order valence-electron chi connectivity index (χ2n) is 10.8. The number of anilines is 1. The van der Waals surface area contributed by atoms with Gasteiger partial charge in [-0.3, -0.25) is 9.59 Å². The number of ether oxygens (including phenoxy) is 1. The van der Waals surface area contributed by atoms with E-state index in [1.165, 1.54) is 17.0 Å². The normalized spacial score (nSPS) is 12.7. The molecule has 0 heterocycles. The monoisotopic (exact) mass is 545 g/mol. The van der Waals surface area contributed by atoms with Crippen LogP contribution in [0.4, 0.5) is 10.5 Å². The number of amides is 3. The van der Waals surface area contributed by atoms with E-state index in [-0.39, 0.29) is 24.6 Å². The van der Waals surface area contributed by atoms with E-state index in [0.717, 1.165) is 16.7 Å². The molecule has 0 fully saturated rings. The number of carbonyl (C=O) groups is 3. The Balaban J connectivity index is 2.02. The van der Waals surface area contributed by atoms with Gasteiger partial charge in [0.25, 0.3) is 5.91 Å². The molecule has 40 heavy (non-hydrogen) atoms. The highest BCUT2D eigenvalue weighted by Crippen LogP contribution is 2.28. The highest BCUT2D eigenvalue weighted by atomic mass is 16.6. The smallest absolute Gasteiger partial charge is 0.408 e. The van der Waals surface area contributed by atoms with Crippen molar-refractivity contribution in [2.45, 2.75) is 65.6 Å². The van der Waals surface area contributed by atoms with Crippen molar-refractivity contribution >= 4 is 23.6 Å². The van der Waals surface area contributed by atoms with Gasteiger partial charge in [-0.05, 0) is 82.0 Å². The minimum absolute atomic E-state index is 0.0920. The summed E-state index contributed by atoms with van der Waals surface area (Å²) in [5, 5.41) is 15.4. The Kier molecular flexibility index (Phi) is 9.93. The first-order valence-electron chi connectivity index (χ1n) is 13.4. The van der Waals surface area contributed by atoms with Gasteiger partial charge in [-0.1, -0.05) is 54.6 Å². The standard InChI is InChI=1S/C32H39N3O5/c1-7-35(28(25-14-10-8-12-21(25)2)29(37)33-26-15-11-9-13-22(26)3)30(38)27(34-31(39)40-32(4,5)6)20-23-16-18-24(36)19-17-23/h8-19,27-28,36H,7,20H2,1-6H3,(H,33,37)(H,34,39). The van der Waals surface area contributed by atoms with Gasteiger partial charge >= 0.3 is 6.09 Å². The quantitative estimate of drug-likeness (QED) is 0.321. The molecule has 0 aliphatic rings. The lowest BCUT2D eigenvalue weighted by molar-refractivity contribution is -0.140. The maximum absolute atomic E-state index is 14.2. The summed E-state index contributed by atoms with van der Waals surface area (Å²) in [7, 11) is 0. The third kappa shape index (κ3) is 8.09. The van der Waals surface area contributed by atoms with Crippen LogP contribution >= 0.6 is 0 Å². The summed E-state index contributed by atoms with van der Waals surface area (Å²) in [6.07, 6.45) is -0.605. The molecule has 2 atom stereocenters. The Morgan fingerprint density at radius 2 is 1.50 bits per heavy atom. The van der Waals surface area contributed by atoms with Crippen molar-refractivity contribution in [3.63, 3.8) is 0 Å². The van der Waals surface area contributed by atoms with Crippen LogP contribution in [0.25, 0.3) is 0 Å². The molecule has 0 aromatic heterocycles. The molecule has 8 heteroatoms. The van der Waals surface area contributed by atoms with Crippen LogP contribution in [-0.4, -0.2) is 46.1 Å². The Morgan fingerprint density at radius 1 is 0.900 bits per heavy atom. The van der Waals surface area contributed by atoms with Crippen LogP contribution in [0.1, 0.15) is 56.0 Å². The maximum Gasteiger partial charge on any atom is 0.408 e. The Morgan fingerprint density at radius 3 is 2.08 bits per heavy atom. The minimum Gasteiger partial charge on any atom is -0.508 e. The van der Waals surface area contributed by atoms with Gasteiger partial charge in [0.1, 0.15) is 23.4 Å². The van der Waals surface area contributed by atoms with E-state index in [1.807, 2.05) is 62.4 Å². The van der Waals surface area contributed by atoms with Gasteiger partial charge in [-0.25, -0.2) is 4.79 Å². The molecule has 0 bridgehead atoms. The lowest BCUT2D eigenvalue weighted by atomic mass is 9.97. The van der Waals surface area contributed by atoms with Crippen LogP contribution < -0.4 is 10.6 Å². The van der Waals surface area contributed by atoms with Crippen molar-refractivity contribution in [1.82, 2.24) is 10.2 Å². The number of aryl methyl sites for hydroxylation is 2. The highest BCUT2D eigenvalue weighted by molar-refractivity contribution is 5.99. The zero-order valence-corrected chi connectivity index (χ0v) is 24.0. The zero-order chi connectivity index (χ0) is 29.4. The average Bonchev–Trinajstić information content (AvgIpc) is 2.88. The number of hydrogen-bond donors (Lipinski definition) is 3. The van der Waals surface area contributed by atoms with Gasteiger partial charge in [0.2, 0.25) is 5.91 Å². The molecule has 2 unspecified atom stereocenters. The van der Waals surface area contributed by atoms with E-state index < -0.39 is 29.7 Å². The SMILES string of the molecule is CCN(C(=O)C(Cc1ccc(O)cc1)NC(=O)OC(C)(C)C)C(C(=O)Nc1ccccc1C)c1ccccc1C. The van der Waals surface area contributed by atoms with Gasteiger partial charge in [-0.2, -0.15) is 0 Å². The fraction of sp³-hybridized carbons (Fsp3) is 0.344. The first-order valence-corrected chi connectivity index (χ1v) is 13.4. The van der Waals surface area contributed by atoms with Crippen molar-refractivity contribution in [2.24, 2.45) is 0 Å². The van der Waals surface area contributed by atoms with Crippen molar-refractivity contribution in [1.29, 1.82) is 0 Å². The molecule has 0 saturated heterocycles. The van der Waals surface area contributed by atoms with Crippen molar-refractivity contribution in [3.8, 4) is 5.75 Å². The summed E-state index contributed by atoms with van der Waals surface area (Å²) in [5.74, 6) is -0.705. The molecule has 0 spiro atoms. The van der Waals surface area contributed by atoms with Crippen LogP contribution in [0.5, 0.6) is 5.75 Å². The number of phenolic OH excluding ortho intramolecular Hbond substituents is 1. The number of carbonyl (C=O) groups excluding carboxylic acids is 3. The highest BCUT2D eigenvalue weighted by Gasteiger charge is 2.36. The fourth-order valence-corrected chi connectivity index (χ4v) is 4.44. The second-order valence-corrected chi connectivity index (χ2v) is 10.8. The first kappa shape index (κ1) is 30.2. The van der Waals surface area contributed by atoms with Gasteiger partial charge in [0, 0.05) is 18.7 Å². The van der Waals surface area contributed by atoms with E-state index in [1.54, 1.807) is 39.8 Å². The summed E-state index contributed by atoms with van der Waals surface area (Å²) in [6.45, 7) is 11.0. The molecule has 212 valence electrons. The van der Waals surface area contributed by atoms with E-state index in [0.29, 0.717) is 11.3 Å². The molecule has 8 nitrogen and oxygen atoms in total. The number of likely N-dealkylation sites (N-methyl/N-ethyl adjacent to an activating group) is 1. The number of para-hydroxylation sites is 1. The van der Waals surface area contributed by atoms with Gasteiger partial charge < -0.3 is 25.4 Å². The summed E-state index contributed by atoms with van der Waals surface area (Å²) < 4.78 is 5.45. The topological polar surface area (TPSA) is 108 Å². The number of nitrogens with one attached hydrogen (secondary N) is 2. The second kappa shape index (κ2) is 13.2. The number of benzene rings is 3. The Hall–Kier alpha value is -4.33. The number of rotatable bonds is 9. The number of nitrogens with zero attached hydrogens (tertiary/aromatic N) is 1. The third-order valence-corrected chi connectivity index (χ3v) is 6.44. The van der Waals surface area contributed by atoms with Crippen LogP contribution in [0.2, 0.25) is 0 Å². The zero-order valence-electron chi connectivity index (χ0n) is 24.0. The molecular weight excluding hydrogens is 506 g/mol. The predicted molar refractivity (Wildman–Crippen MR) is 156 cm³/mol. The summed E-state index contributed by atoms with van der Waals surface area (Å²) in [5.41, 5.74) is 3.05. The number of alkyl carbamates (subject to hydrolysis) is 1. The molecular formula is C32H39N3O5. The Labute approximate surface area is 236 Å². The van der Waals surface area contributed by atoms with Gasteiger partial charge in [0.05, 0.1) is 0 Å². The van der Waals surface area contributed by atoms with Crippen molar-refractivity contribution in [3.05, 3.63) is 95.1 Å². The number of phenols is 1. The summed E-state index contributed by atoms with van der Waals surface area (Å²) in [4.78, 5) is 42.4. The van der Waals surface area contributed by atoms with E-state index in [4.69, 9.17) is 4.74 Å². The maximum atomic E-state index is 14.2. The van der Waals surface area contributed by atoms with E-state index >= 15 is 0 Å². The van der Waals surface area contributed by atoms with Crippen LogP contribution in [0, 0.1) is 13.8 Å². The lowest BCUT2D eigenvalue weighted by Gasteiger charge is -2.34. The number of hydrogen-bond acceptors (Lipinski definition) is 5. The molecule has 3 amide bonds. The average molecular weight is 546 g/mol. The number of aromatic hydroxyl groups is 1. The molecule has 3 N–H and O–H groups in total. The summed E-state index contributed by atoms with van der Waals surface area (Å²) >= 11 is 0. The van der Waals surface area contributed by atoms with Gasteiger partial charge in [0.15, 0.2) is 0 Å². The van der Waals surface area contributed by atoms with Gasteiger partial charge in [-0.15, -0.1) is 0 Å². The Bertz CT molecular complexity index is 1330. The predicted octanol–water partition coefficient (Wildman–Crippen LogP) is 5.67. The van der Waals surface area contributed by atoms with Crippen LogP contribution in [0.15, 0.2) is 72.8 Å².